The molecule has 0 radical (unpaired) electrons. The first-order chi connectivity index (χ1) is 14.2. The van der Waals surface area contributed by atoms with E-state index in [2.05, 4.69) is 30.2 Å². The van der Waals surface area contributed by atoms with Gasteiger partial charge in [0.25, 0.3) is 0 Å². The van der Waals surface area contributed by atoms with E-state index in [9.17, 15) is 22.4 Å². The molecule has 0 bridgehead atoms. The number of aromatic amines is 1. The van der Waals surface area contributed by atoms with Crippen LogP contribution in [0.25, 0.3) is 22.4 Å². The Bertz CT molecular complexity index is 1050. The summed E-state index contributed by atoms with van der Waals surface area (Å²) in [6, 6.07) is 0. The number of carbonyl (C=O) groups is 1. The Morgan fingerprint density at radius 2 is 1.90 bits per heavy atom. The second-order valence-electron chi connectivity index (χ2n) is 6.59. The van der Waals surface area contributed by atoms with Gasteiger partial charge in [-0.3, -0.25) is 4.79 Å². The molecule has 0 aromatic carbocycles. The molecule has 0 atom stereocenters. The van der Waals surface area contributed by atoms with E-state index in [-0.39, 0.29) is 24.5 Å². The second-order valence-corrected chi connectivity index (χ2v) is 6.59. The van der Waals surface area contributed by atoms with E-state index in [1.807, 2.05) is 5.32 Å². The van der Waals surface area contributed by atoms with Crippen LogP contribution < -0.4 is 10.6 Å². The van der Waals surface area contributed by atoms with Gasteiger partial charge in [0.15, 0.2) is 17.5 Å². The molecule has 0 spiro atoms. The van der Waals surface area contributed by atoms with E-state index in [0.717, 1.165) is 6.20 Å². The molecule has 1 amide bonds. The van der Waals surface area contributed by atoms with Crippen LogP contribution in [0.2, 0.25) is 0 Å². The fourth-order valence-electron chi connectivity index (χ4n) is 3.01. The minimum Gasteiger partial charge on any atom is -0.353 e. The lowest BCUT2D eigenvalue weighted by Gasteiger charge is -2.32. The molecular formula is C18H19F4N7O. The molecule has 0 aliphatic heterocycles. The molecule has 3 aromatic rings. The first-order valence-electron chi connectivity index (χ1n) is 9.12. The highest BCUT2D eigenvalue weighted by Gasteiger charge is 2.38. The fourth-order valence-corrected chi connectivity index (χ4v) is 3.01. The number of nitrogens with one attached hydrogen (secondary N) is 3. The van der Waals surface area contributed by atoms with Crippen molar-refractivity contribution in [1.29, 1.82) is 0 Å². The first kappa shape index (κ1) is 21.4. The normalized spacial score (nSPS) is 12.2. The van der Waals surface area contributed by atoms with Crippen LogP contribution in [-0.4, -0.2) is 49.1 Å². The number of rotatable bonds is 7. The maximum atomic E-state index is 14.4. The molecule has 12 heteroatoms. The molecule has 3 aromatic heterocycles. The van der Waals surface area contributed by atoms with Gasteiger partial charge in [0.1, 0.15) is 24.1 Å². The Labute approximate surface area is 168 Å². The summed E-state index contributed by atoms with van der Waals surface area (Å²) in [5.41, 5.74) is -0.444. The summed E-state index contributed by atoms with van der Waals surface area (Å²) in [6.45, 7) is 1.74. The Kier molecular flexibility index (Phi) is 5.85. The van der Waals surface area contributed by atoms with Crippen molar-refractivity contribution in [3.05, 3.63) is 30.7 Å². The smallest absolute Gasteiger partial charge is 0.353 e. The number of anilines is 1. The van der Waals surface area contributed by atoms with Crippen molar-refractivity contribution in [2.24, 2.45) is 0 Å². The molecule has 0 unspecified atom stereocenters. The van der Waals surface area contributed by atoms with Crippen molar-refractivity contribution in [1.82, 2.24) is 30.2 Å². The lowest BCUT2D eigenvalue weighted by molar-refractivity contribution is -0.141. The molecule has 30 heavy (non-hydrogen) atoms. The van der Waals surface area contributed by atoms with Gasteiger partial charge in [0.2, 0.25) is 5.91 Å². The van der Waals surface area contributed by atoms with Gasteiger partial charge in [-0.05, 0) is 12.8 Å². The summed E-state index contributed by atoms with van der Waals surface area (Å²) in [5.74, 6) is -1.90. The third kappa shape index (κ3) is 4.31. The van der Waals surface area contributed by atoms with E-state index in [4.69, 9.17) is 0 Å². The van der Waals surface area contributed by atoms with Crippen LogP contribution >= 0.6 is 0 Å². The number of alkyl halides is 3. The van der Waals surface area contributed by atoms with E-state index >= 15 is 0 Å². The van der Waals surface area contributed by atoms with Gasteiger partial charge >= 0.3 is 6.18 Å². The molecule has 0 aliphatic carbocycles. The SMILES string of the molecule is CCC(CC)(Nc1nc(-c2c[nH]c3ncncc23)ncc1F)C(=O)NCC(F)(F)F. The molecule has 8 nitrogen and oxygen atoms in total. The van der Waals surface area contributed by atoms with Gasteiger partial charge in [-0.2, -0.15) is 13.2 Å². The Morgan fingerprint density at radius 3 is 2.57 bits per heavy atom. The van der Waals surface area contributed by atoms with Crippen LogP contribution in [-0.2, 0) is 4.79 Å². The van der Waals surface area contributed by atoms with Crippen LogP contribution in [0, 0.1) is 5.82 Å². The summed E-state index contributed by atoms with van der Waals surface area (Å²) in [4.78, 5) is 31.6. The molecule has 0 saturated heterocycles. The van der Waals surface area contributed by atoms with E-state index < -0.39 is 30.0 Å². The topological polar surface area (TPSA) is 108 Å². The molecule has 3 heterocycles. The van der Waals surface area contributed by atoms with Gasteiger partial charge < -0.3 is 15.6 Å². The average molecular weight is 425 g/mol. The molecule has 0 aliphatic rings. The number of amides is 1. The van der Waals surface area contributed by atoms with E-state index in [0.29, 0.717) is 16.6 Å². The second kappa shape index (κ2) is 8.20. The standard InChI is InChI=1S/C18H19F4N7O/c1-3-17(4-2,16(30)26-8-18(20,21)22)29-15-12(19)7-25-14(28-15)11-6-24-13-10(11)5-23-9-27-13/h5-7,9H,3-4,8H2,1-2H3,(H,26,30)(H,23,24,27)(H,25,28,29). The zero-order valence-electron chi connectivity index (χ0n) is 16.1. The monoisotopic (exact) mass is 425 g/mol. The number of aromatic nitrogens is 5. The van der Waals surface area contributed by atoms with Crippen LogP contribution in [0.5, 0.6) is 0 Å². The molecule has 0 saturated carbocycles. The quantitative estimate of drug-likeness (QED) is 0.502. The largest absolute Gasteiger partial charge is 0.405 e. The van der Waals surface area contributed by atoms with Gasteiger partial charge in [0.05, 0.1) is 6.20 Å². The molecule has 3 N–H and O–H groups in total. The summed E-state index contributed by atoms with van der Waals surface area (Å²) in [6.07, 6.45) is 1.06. The van der Waals surface area contributed by atoms with Crippen LogP contribution in [0.15, 0.2) is 24.9 Å². The third-order valence-electron chi connectivity index (χ3n) is 4.79. The van der Waals surface area contributed by atoms with Crippen LogP contribution in [0.3, 0.4) is 0 Å². The van der Waals surface area contributed by atoms with Gasteiger partial charge in [-0.25, -0.2) is 24.3 Å². The van der Waals surface area contributed by atoms with Gasteiger partial charge in [-0.15, -0.1) is 0 Å². The number of hydrogen-bond donors (Lipinski definition) is 3. The number of fused-ring (bicyclic) bond motifs is 1. The number of halogens is 4. The fraction of sp³-hybridized carbons (Fsp3) is 0.389. The zero-order valence-corrected chi connectivity index (χ0v) is 16.1. The average Bonchev–Trinajstić information content (AvgIpc) is 3.15. The minimum absolute atomic E-state index is 0.104. The minimum atomic E-state index is -4.56. The Hall–Kier alpha value is -3.31. The number of carbonyl (C=O) groups excluding carboxylic acids is 1. The maximum Gasteiger partial charge on any atom is 0.405 e. The summed E-state index contributed by atoms with van der Waals surface area (Å²) in [5, 5.41) is 5.16. The molecule has 3 rings (SSSR count). The molecule has 160 valence electrons. The Morgan fingerprint density at radius 1 is 1.17 bits per heavy atom. The predicted octanol–water partition coefficient (Wildman–Crippen LogP) is 3.20. The van der Waals surface area contributed by atoms with Crippen molar-refractivity contribution in [2.45, 2.75) is 38.4 Å². The number of H-pyrrole nitrogens is 1. The zero-order chi connectivity index (χ0) is 21.9. The predicted molar refractivity (Wildman–Crippen MR) is 101 cm³/mol. The molecular weight excluding hydrogens is 406 g/mol. The summed E-state index contributed by atoms with van der Waals surface area (Å²) < 4.78 is 52.0. The van der Waals surface area contributed by atoms with Crippen molar-refractivity contribution in [2.75, 3.05) is 11.9 Å². The van der Waals surface area contributed by atoms with Gasteiger partial charge in [-0.1, -0.05) is 13.8 Å². The maximum absolute atomic E-state index is 14.4. The highest BCUT2D eigenvalue weighted by molar-refractivity contribution is 5.91. The lowest BCUT2D eigenvalue weighted by atomic mass is 9.91. The van der Waals surface area contributed by atoms with Crippen LogP contribution in [0.1, 0.15) is 26.7 Å². The van der Waals surface area contributed by atoms with Gasteiger partial charge in [0, 0.05) is 23.3 Å². The van der Waals surface area contributed by atoms with Crippen LogP contribution in [0.4, 0.5) is 23.4 Å². The number of hydrogen-bond acceptors (Lipinski definition) is 6. The highest BCUT2D eigenvalue weighted by Crippen LogP contribution is 2.28. The van der Waals surface area contributed by atoms with Crippen molar-refractivity contribution in [3.63, 3.8) is 0 Å². The third-order valence-corrected chi connectivity index (χ3v) is 4.79. The van der Waals surface area contributed by atoms with Crippen molar-refractivity contribution < 1.29 is 22.4 Å². The first-order valence-corrected chi connectivity index (χ1v) is 9.12. The molecule has 0 fully saturated rings. The summed E-state index contributed by atoms with van der Waals surface area (Å²) in [7, 11) is 0. The van der Waals surface area contributed by atoms with E-state index in [1.54, 1.807) is 26.2 Å². The van der Waals surface area contributed by atoms with Crippen molar-refractivity contribution >= 4 is 22.8 Å². The lowest BCUT2D eigenvalue weighted by Crippen LogP contribution is -2.53. The Balaban J connectivity index is 1.94. The van der Waals surface area contributed by atoms with E-state index in [1.165, 1.54) is 6.33 Å². The summed E-state index contributed by atoms with van der Waals surface area (Å²) >= 11 is 0. The highest BCUT2D eigenvalue weighted by atomic mass is 19.4. The number of nitrogens with zero attached hydrogens (tertiary/aromatic N) is 4. The van der Waals surface area contributed by atoms with Crippen molar-refractivity contribution in [3.8, 4) is 11.4 Å².